The van der Waals surface area contributed by atoms with E-state index >= 15 is 0 Å². The predicted octanol–water partition coefficient (Wildman–Crippen LogP) is 1.94. The number of rotatable bonds is 5. The summed E-state index contributed by atoms with van der Waals surface area (Å²) in [7, 11) is -3.17. The molecule has 11 heteroatoms. The summed E-state index contributed by atoms with van der Waals surface area (Å²) in [4.78, 5) is 41.2. The summed E-state index contributed by atoms with van der Waals surface area (Å²) in [6.07, 6.45) is 1.96. The van der Waals surface area contributed by atoms with Gasteiger partial charge < -0.3 is 10.2 Å². The Kier molecular flexibility index (Phi) is 5.27. The third kappa shape index (κ3) is 3.78. The Morgan fingerprint density at radius 3 is 2.50 bits per heavy atom. The number of amides is 4. The van der Waals surface area contributed by atoms with Crippen molar-refractivity contribution in [3.63, 3.8) is 0 Å². The molecule has 3 aliphatic rings. The van der Waals surface area contributed by atoms with E-state index in [1.807, 2.05) is 0 Å². The molecule has 2 heterocycles. The second kappa shape index (κ2) is 7.39. The van der Waals surface area contributed by atoms with Crippen LogP contribution in [0.25, 0.3) is 0 Å². The van der Waals surface area contributed by atoms with E-state index in [0.717, 1.165) is 17.7 Å². The molecule has 1 aromatic carbocycles. The second-order valence-electron chi connectivity index (χ2n) is 8.16. The highest BCUT2D eigenvalue weighted by Gasteiger charge is 2.51. The van der Waals surface area contributed by atoms with E-state index in [2.05, 4.69) is 5.32 Å². The number of carbonyl (C=O) groups excluding carboxylic acids is 3. The van der Waals surface area contributed by atoms with Crippen molar-refractivity contribution in [3.05, 3.63) is 33.8 Å². The molecule has 2 atom stereocenters. The van der Waals surface area contributed by atoms with Crippen LogP contribution in [0.3, 0.4) is 0 Å². The van der Waals surface area contributed by atoms with E-state index in [9.17, 15) is 22.8 Å². The zero-order valence-electron chi connectivity index (χ0n) is 16.2. The van der Waals surface area contributed by atoms with Gasteiger partial charge in [0.25, 0.3) is 5.91 Å². The molecule has 1 aromatic rings. The molecular weight excluding hydrogens is 453 g/mol. The molecule has 0 spiro atoms. The number of halogens is 2. The number of benzene rings is 1. The van der Waals surface area contributed by atoms with Gasteiger partial charge in [-0.3, -0.25) is 14.5 Å². The Morgan fingerprint density at radius 2 is 1.93 bits per heavy atom. The van der Waals surface area contributed by atoms with Crippen molar-refractivity contribution in [1.82, 2.24) is 15.1 Å². The van der Waals surface area contributed by atoms with Gasteiger partial charge in [0.1, 0.15) is 12.1 Å². The molecule has 2 aliphatic heterocycles. The number of nitrogens with one attached hydrogen (secondary N) is 1. The average Bonchev–Trinajstić information content (AvgIpc) is 3.37. The van der Waals surface area contributed by atoms with E-state index in [1.54, 1.807) is 17.0 Å². The van der Waals surface area contributed by atoms with Crippen molar-refractivity contribution < 1.29 is 22.8 Å². The number of sulfone groups is 1. The van der Waals surface area contributed by atoms with E-state index in [4.69, 9.17) is 23.2 Å². The van der Waals surface area contributed by atoms with E-state index < -0.39 is 45.8 Å². The van der Waals surface area contributed by atoms with Gasteiger partial charge in [0.2, 0.25) is 5.91 Å². The lowest BCUT2D eigenvalue weighted by molar-refractivity contribution is -0.140. The van der Waals surface area contributed by atoms with Gasteiger partial charge in [0.05, 0.1) is 11.5 Å². The zero-order valence-corrected chi connectivity index (χ0v) is 18.6. The fraction of sp³-hybridized carbons (Fsp3) is 0.526. The summed E-state index contributed by atoms with van der Waals surface area (Å²) in [5, 5.41) is 3.24. The van der Waals surface area contributed by atoms with Crippen LogP contribution in [0.15, 0.2) is 18.2 Å². The van der Waals surface area contributed by atoms with Crippen LogP contribution >= 0.6 is 23.2 Å². The summed E-state index contributed by atoms with van der Waals surface area (Å²) < 4.78 is 23.7. The molecule has 0 bridgehead atoms. The van der Waals surface area contributed by atoms with Crippen LogP contribution in [-0.4, -0.2) is 66.2 Å². The molecule has 162 valence electrons. The lowest BCUT2D eigenvalue weighted by Crippen LogP contribution is -2.49. The third-order valence-electron chi connectivity index (χ3n) is 5.87. The van der Waals surface area contributed by atoms with Gasteiger partial charge in [-0.1, -0.05) is 29.3 Å². The summed E-state index contributed by atoms with van der Waals surface area (Å²) >= 11 is 12.2. The molecule has 4 rings (SSSR count). The predicted molar refractivity (Wildman–Crippen MR) is 111 cm³/mol. The van der Waals surface area contributed by atoms with Gasteiger partial charge in [-0.05, 0) is 38.3 Å². The first kappa shape index (κ1) is 21.4. The standard InChI is InChI=1S/C19H21Cl2N3O5S/c1-19(14-5-2-11(20)8-15(14)21)17(26)23(18(27)22-19)9-16(25)24(12-3-4-12)13-6-7-30(28,29)10-13/h2,5,8,12-13H,3-4,6-7,9-10H2,1H3,(H,22,27)/t13-,19-/m0/s1. The monoisotopic (exact) mass is 473 g/mol. The summed E-state index contributed by atoms with van der Waals surface area (Å²) in [6, 6.07) is 3.47. The minimum Gasteiger partial charge on any atom is -0.334 e. The van der Waals surface area contributed by atoms with E-state index in [0.29, 0.717) is 17.0 Å². The van der Waals surface area contributed by atoms with Crippen LogP contribution in [0.4, 0.5) is 4.79 Å². The molecule has 8 nitrogen and oxygen atoms in total. The maximum Gasteiger partial charge on any atom is 0.325 e. The molecule has 30 heavy (non-hydrogen) atoms. The van der Waals surface area contributed by atoms with Crippen LogP contribution in [0.2, 0.25) is 10.0 Å². The molecule has 1 saturated carbocycles. The van der Waals surface area contributed by atoms with Crippen LogP contribution in [0.1, 0.15) is 31.7 Å². The first-order valence-corrected chi connectivity index (χ1v) is 12.2. The molecule has 1 aliphatic carbocycles. The highest BCUT2D eigenvalue weighted by Crippen LogP contribution is 2.36. The molecule has 3 fully saturated rings. The molecule has 0 unspecified atom stereocenters. The quantitative estimate of drug-likeness (QED) is 0.657. The Morgan fingerprint density at radius 1 is 1.23 bits per heavy atom. The minimum atomic E-state index is -3.17. The van der Waals surface area contributed by atoms with E-state index in [-0.39, 0.29) is 22.6 Å². The van der Waals surface area contributed by atoms with Crippen LogP contribution in [-0.2, 0) is 25.0 Å². The van der Waals surface area contributed by atoms with Crippen molar-refractivity contribution in [2.75, 3.05) is 18.1 Å². The summed E-state index contributed by atoms with van der Waals surface area (Å²) in [6.45, 7) is 1.08. The molecule has 2 saturated heterocycles. The fourth-order valence-corrected chi connectivity index (χ4v) is 6.50. The first-order valence-electron chi connectivity index (χ1n) is 9.63. The maximum absolute atomic E-state index is 13.1. The van der Waals surface area contributed by atoms with Crippen molar-refractivity contribution >= 4 is 50.9 Å². The smallest absolute Gasteiger partial charge is 0.325 e. The molecular formula is C19H21Cl2N3O5S. The van der Waals surface area contributed by atoms with Gasteiger partial charge in [-0.15, -0.1) is 0 Å². The number of nitrogens with zero attached hydrogens (tertiary/aromatic N) is 2. The van der Waals surface area contributed by atoms with Crippen molar-refractivity contribution in [2.24, 2.45) is 0 Å². The number of urea groups is 1. The molecule has 0 aromatic heterocycles. The number of carbonyl (C=O) groups is 3. The van der Waals surface area contributed by atoms with Gasteiger partial charge in [-0.2, -0.15) is 0 Å². The maximum atomic E-state index is 13.1. The topological polar surface area (TPSA) is 104 Å². The normalized spacial score (nSPS) is 28.0. The Labute approximate surface area is 184 Å². The van der Waals surface area contributed by atoms with Crippen molar-refractivity contribution in [3.8, 4) is 0 Å². The van der Waals surface area contributed by atoms with Crippen LogP contribution in [0.5, 0.6) is 0 Å². The van der Waals surface area contributed by atoms with Crippen LogP contribution < -0.4 is 5.32 Å². The third-order valence-corrected chi connectivity index (χ3v) is 8.17. The largest absolute Gasteiger partial charge is 0.334 e. The zero-order chi connectivity index (χ0) is 21.8. The average molecular weight is 474 g/mol. The number of hydrogen-bond donors (Lipinski definition) is 1. The lowest BCUT2D eigenvalue weighted by Gasteiger charge is -2.30. The van der Waals surface area contributed by atoms with Crippen molar-refractivity contribution in [1.29, 1.82) is 0 Å². The number of hydrogen-bond acceptors (Lipinski definition) is 5. The van der Waals surface area contributed by atoms with Crippen molar-refractivity contribution in [2.45, 2.75) is 43.8 Å². The Hall–Kier alpha value is -1.84. The molecule has 1 N–H and O–H groups in total. The first-order chi connectivity index (χ1) is 14.0. The Balaban J connectivity index is 1.55. The van der Waals surface area contributed by atoms with Crippen LogP contribution in [0, 0.1) is 0 Å². The highest BCUT2D eigenvalue weighted by molar-refractivity contribution is 7.91. The number of imide groups is 1. The minimum absolute atomic E-state index is 0.0336. The SMILES string of the molecule is C[C@@]1(c2ccc(Cl)cc2Cl)NC(=O)N(CC(=O)N(C2CC2)[C@H]2CCS(=O)(=O)C2)C1=O. The fourth-order valence-electron chi connectivity index (χ4n) is 4.19. The lowest BCUT2D eigenvalue weighted by atomic mass is 9.92. The van der Waals surface area contributed by atoms with Gasteiger partial charge in [0.15, 0.2) is 9.84 Å². The second-order valence-corrected chi connectivity index (χ2v) is 11.2. The van der Waals surface area contributed by atoms with Gasteiger partial charge in [0, 0.05) is 27.7 Å². The molecule has 0 radical (unpaired) electrons. The molecule has 4 amide bonds. The summed E-state index contributed by atoms with van der Waals surface area (Å²) in [5.41, 5.74) is -1.05. The van der Waals surface area contributed by atoms with Gasteiger partial charge >= 0.3 is 6.03 Å². The Bertz CT molecular complexity index is 1040. The van der Waals surface area contributed by atoms with E-state index in [1.165, 1.54) is 13.0 Å². The highest BCUT2D eigenvalue weighted by atomic mass is 35.5. The summed E-state index contributed by atoms with van der Waals surface area (Å²) in [5.74, 6) is -1.05. The van der Waals surface area contributed by atoms with Gasteiger partial charge in [-0.25, -0.2) is 13.2 Å².